The highest BCUT2D eigenvalue weighted by molar-refractivity contribution is 7.77. The second kappa shape index (κ2) is 11.2. The molecule has 4 rings (SSSR count). The summed E-state index contributed by atoms with van der Waals surface area (Å²) in [6, 6.07) is 0. The Labute approximate surface area is 202 Å². The molecule has 1 nitrogen and oxygen atoms in total. The Hall–Kier alpha value is 0.310. The maximum Gasteiger partial charge on any atom is -0.0264 e. The summed E-state index contributed by atoms with van der Waals surface area (Å²) < 4.78 is 0. The first-order chi connectivity index (χ1) is 14.3. The third-order valence-electron chi connectivity index (χ3n) is 11.2. The summed E-state index contributed by atoms with van der Waals surface area (Å²) in [7, 11) is 0. The molecule has 0 aliphatic heterocycles. The lowest BCUT2D eigenvalue weighted by molar-refractivity contribution is -0.138. The molecule has 0 bridgehead atoms. The zero-order valence-electron chi connectivity index (χ0n) is 21.1. The molecule has 6 unspecified atom stereocenters. The summed E-state index contributed by atoms with van der Waals surface area (Å²) in [5.74, 6) is 8.08. The van der Waals surface area contributed by atoms with Gasteiger partial charge in [-0.05, 0) is 103 Å². The maximum absolute atomic E-state index is 4.19. The van der Waals surface area contributed by atoms with Crippen molar-refractivity contribution in [3.63, 3.8) is 0 Å². The van der Waals surface area contributed by atoms with Gasteiger partial charge in [0.05, 0.1) is 0 Å². The number of hydrogen-bond donors (Lipinski definition) is 2. The predicted octanol–water partition coefficient (Wildman–Crippen LogP) is 9.17. The van der Waals surface area contributed by atoms with Crippen molar-refractivity contribution in [3.8, 4) is 0 Å². The Morgan fingerprint density at radius 3 is 2.16 bits per heavy atom. The average Bonchev–Trinajstić information content (AvgIpc) is 3.10. The Bertz CT molecular complexity index is 547. The topological polar surface area (TPSA) is 26.0 Å². The highest BCUT2D eigenvalue weighted by Crippen LogP contribution is 2.69. The van der Waals surface area contributed by atoms with Crippen LogP contribution in [0.15, 0.2) is 0 Å². The van der Waals surface area contributed by atoms with Crippen LogP contribution >= 0.6 is 12.8 Å². The molecule has 4 aliphatic carbocycles. The molecule has 0 amide bonds. The fourth-order valence-electron chi connectivity index (χ4n) is 9.79. The lowest BCUT2D eigenvalue weighted by atomic mass is 9.42. The van der Waals surface area contributed by atoms with Crippen molar-refractivity contribution in [2.24, 2.45) is 63.3 Å². The van der Waals surface area contributed by atoms with Gasteiger partial charge < -0.3 is 0 Å². The lowest BCUT2D eigenvalue weighted by Gasteiger charge is -2.63. The molecule has 4 fully saturated rings. The van der Waals surface area contributed by atoms with Crippen LogP contribution in [-0.4, -0.2) is 0 Å². The summed E-state index contributed by atoms with van der Waals surface area (Å²) in [5.41, 5.74) is 1.35. The molecule has 0 aromatic heterocycles. The summed E-state index contributed by atoms with van der Waals surface area (Å²) >= 11 is 3.03. The first-order valence-corrected chi connectivity index (χ1v) is 14.1. The fraction of sp³-hybridized carbons (Fsp3) is 1.00. The van der Waals surface area contributed by atoms with Gasteiger partial charge >= 0.3 is 0 Å². The van der Waals surface area contributed by atoms with Gasteiger partial charge in [-0.2, -0.15) is 0 Å². The molecule has 0 aromatic carbocycles. The van der Waals surface area contributed by atoms with Crippen LogP contribution in [0.1, 0.15) is 126 Å². The maximum atomic E-state index is 4.19. The smallest absolute Gasteiger partial charge is 0.0264 e. The van der Waals surface area contributed by atoms with Crippen molar-refractivity contribution in [1.82, 2.24) is 0 Å². The molecule has 4 saturated carbocycles. The van der Waals surface area contributed by atoms with Crippen LogP contribution in [-0.2, 0) is 0 Å². The molecular weight excluding hydrogens is 394 g/mol. The third-order valence-corrected chi connectivity index (χ3v) is 11.2. The molecule has 0 spiro atoms. The van der Waals surface area contributed by atoms with Crippen molar-refractivity contribution in [3.05, 3.63) is 0 Å². The molecule has 0 heterocycles. The Morgan fingerprint density at radius 1 is 0.839 bits per heavy atom. The molecule has 0 radical (unpaired) electrons. The van der Waals surface area contributed by atoms with E-state index in [9.17, 15) is 0 Å². The number of thiol groups is 1. The van der Waals surface area contributed by atoms with Gasteiger partial charge in [0, 0.05) is 0 Å². The highest BCUT2D eigenvalue weighted by atomic mass is 32.1. The van der Waals surface area contributed by atoms with Crippen LogP contribution in [0, 0.1) is 58.2 Å². The SMILES string of the molecule is C.CC[C@H]1CC2C(CCC3(C)C2CC[C@@H]3[C@H](C)CCC(C)C)C2(C)CCCCC12.NS. The van der Waals surface area contributed by atoms with Crippen molar-refractivity contribution >= 4 is 12.8 Å². The molecular formula is C29H57NS. The van der Waals surface area contributed by atoms with Crippen LogP contribution in [0.3, 0.4) is 0 Å². The predicted molar refractivity (Wildman–Crippen MR) is 142 cm³/mol. The van der Waals surface area contributed by atoms with E-state index in [0.29, 0.717) is 10.8 Å². The van der Waals surface area contributed by atoms with E-state index in [1.54, 1.807) is 44.9 Å². The van der Waals surface area contributed by atoms with E-state index >= 15 is 0 Å². The normalized spacial score (nSPS) is 44.8. The Balaban J connectivity index is 0.00000111. The number of hydrogen-bond acceptors (Lipinski definition) is 2. The van der Waals surface area contributed by atoms with E-state index in [4.69, 9.17) is 0 Å². The molecule has 4 aliphatic rings. The van der Waals surface area contributed by atoms with E-state index in [1.807, 2.05) is 0 Å². The molecule has 0 saturated heterocycles. The van der Waals surface area contributed by atoms with Crippen LogP contribution in [0.5, 0.6) is 0 Å². The van der Waals surface area contributed by atoms with Crippen molar-refractivity contribution in [2.75, 3.05) is 0 Å². The van der Waals surface area contributed by atoms with Crippen LogP contribution in [0.2, 0.25) is 0 Å². The van der Waals surface area contributed by atoms with Crippen molar-refractivity contribution in [1.29, 1.82) is 0 Å². The average molecular weight is 452 g/mol. The second-order valence-corrected chi connectivity index (χ2v) is 12.8. The molecule has 2 N–H and O–H groups in total. The number of nitrogens with two attached hydrogens (primary N) is 1. The molecule has 31 heavy (non-hydrogen) atoms. The van der Waals surface area contributed by atoms with E-state index in [0.717, 1.165) is 47.3 Å². The van der Waals surface area contributed by atoms with Gasteiger partial charge in [-0.25, -0.2) is 0 Å². The zero-order chi connectivity index (χ0) is 22.1. The fourth-order valence-corrected chi connectivity index (χ4v) is 9.79. The highest BCUT2D eigenvalue weighted by Gasteiger charge is 2.61. The number of fused-ring (bicyclic) bond motifs is 5. The van der Waals surface area contributed by atoms with Gasteiger partial charge in [-0.15, -0.1) is 12.8 Å². The van der Waals surface area contributed by atoms with Gasteiger partial charge in [0.15, 0.2) is 0 Å². The minimum atomic E-state index is 0. The largest absolute Gasteiger partial charge is 0.281 e. The van der Waals surface area contributed by atoms with Crippen LogP contribution < -0.4 is 5.14 Å². The summed E-state index contributed by atoms with van der Waals surface area (Å²) in [6.07, 6.45) is 18.3. The van der Waals surface area contributed by atoms with Gasteiger partial charge in [0.25, 0.3) is 0 Å². The lowest BCUT2D eigenvalue weighted by Crippen LogP contribution is -2.55. The summed E-state index contributed by atoms with van der Waals surface area (Å²) in [6.45, 7) is 15.5. The standard InChI is InChI=1S/C28H50.CH4.H3NS/c1-7-21-18-22-25-14-13-23(20(4)12-11-19(2)3)28(25,6)17-15-26(22)27(5)16-9-8-10-24(21)27;;1-2/h19-26H,7-18H2,1-6H3;1H4;2H,1H2/t20-,21+,22?,23-,24?,25?,26?,27?,28?;;/m1../s1. The third kappa shape index (κ3) is 4.91. The quantitative estimate of drug-likeness (QED) is 0.400. The van der Waals surface area contributed by atoms with Crippen LogP contribution in [0.25, 0.3) is 0 Å². The van der Waals surface area contributed by atoms with Crippen molar-refractivity contribution < 1.29 is 0 Å². The summed E-state index contributed by atoms with van der Waals surface area (Å²) in [4.78, 5) is 0. The van der Waals surface area contributed by atoms with E-state index in [-0.39, 0.29) is 7.43 Å². The van der Waals surface area contributed by atoms with Gasteiger partial charge in [0.1, 0.15) is 0 Å². The van der Waals surface area contributed by atoms with E-state index in [1.165, 1.54) is 32.1 Å². The van der Waals surface area contributed by atoms with Crippen LogP contribution in [0.4, 0.5) is 0 Å². The minimum absolute atomic E-state index is 0. The second-order valence-electron chi connectivity index (χ2n) is 12.8. The Kier molecular flexibility index (Phi) is 9.92. The molecule has 2 heteroatoms. The van der Waals surface area contributed by atoms with Crippen molar-refractivity contribution in [2.45, 2.75) is 126 Å². The monoisotopic (exact) mass is 451 g/mol. The number of rotatable bonds is 5. The minimum Gasteiger partial charge on any atom is -0.281 e. The Morgan fingerprint density at radius 2 is 1.52 bits per heavy atom. The van der Waals surface area contributed by atoms with Gasteiger partial charge in [-0.1, -0.05) is 81.1 Å². The molecule has 184 valence electrons. The molecule has 0 aromatic rings. The van der Waals surface area contributed by atoms with E-state index in [2.05, 4.69) is 59.5 Å². The molecule has 9 atom stereocenters. The summed E-state index contributed by atoms with van der Waals surface area (Å²) in [5, 5.41) is 4.19. The first kappa shape index (κ1) is 27.6. The van der Waals surface area contributed by atoms with E-state index < -0.39 is 0 Å². The van der Waals surface area contributed by atoms with Gasteiger partial charge in [-0.3, -0.25) is 5.14 Å². The first-order valence-electron chi connectivity index (χ1n) is 13.6. The zero-order valence-corrected chi connectivity index (χ0v) is 22.0. The van der Waals surface area contributed by atoms with Gasteiger partial charge in [0.2, 0.25) is 0 Å².